The molecule has 0 fully saturated rings. The fourth-order valence-corrected chi connectivity index (χ4v) is 4.28. The van der Waals surface area contributed by atoms with Crippen molar-refractivity contribution < 1.29 is 14.4 Å². The van der Waals surface area contributed by atoms with Crippen LogP contribution in [0.3, 0.4) is 0 Å². The maximum atomic E-state index is 13.7. The number of para-hydroxylation sites is 2. The third-order valence-corrected chi connectivity index (χ3v) is 6.15. The van der Waals surface area contributed by atoms with Gasteiger partial charge in [0.05, 0.1) is 28.6 Å². The molecule has 0 bridgehead atoms. The predicted molar refractivity (Wildman–Crippen MR) is 153 cm³/mol. The van der Waals surface area contributed by atoms with Crippen molar-refractivity contribution in [2.45, 2.75) is 33.6 Å². The second kappa shape index (κ2) is 11.7. The second-order valence-corrected chi connectivity index (χ2v) is 9.16. The zero-order chi connectivity index (χ0) is 28.1. The molecule has 39 heavy (non-hydrogen) atoms. The first-order valence-corrected chi connectivity index (χ1v) is 12.6. The van der Waals surface area contributed by atoms with Crippen LogP contribution in [0.15, 0.2) is 77.1 Å². The predicted octanol–water partition coefficient (Wildman–Crippen LogP) is 6.25. The Balaban J connectivity index is 1.98. The van der Waals surface area contributed by atoms with Gasteiger partial charge in [-0.05, 0) is 61.2 Å². The van der Waals surface area contributed by atoms with Crippen LogP contribution in [0.4, 0.5) is 5.69 Å². The lowest BCUT2D eigenvalue weighted by Crippen LogP contribution is -2.21. The van der Waals surface area contributed by atoms with Crippen LogP contribution in [-0.4, -0.2) is 34.0 Å². The Kier molecular flexibility index (Phi) is 8.19. The van der Waals surface area contributed by atoms with Crippen LogP contribution in [-0.2, 0) is 0 Å². The number of hydrogen-bond acceptors (Lipinski definition) is 7. The summed E-state index contributed by atoms with van der Waals surface area (Å²) >= 11 is 0. The van der Waals surface area contributed by atoms with Gasteiger partial charge in [0.2, 0.25) is 5.75 Å². The topological polar surface area (TPSA) is 109 Å². The van der Waals surface area contributed by atoms with Crippen molar-refractivity contribution in [3.8, 4) is 22.9 Å². The van der Waals surface area contributed by atoms with E-state index in [1.807, 2.05) is 32.0 Å². The average Bonchev–Trinajstić information content (AvgIpc) is 2.91. The third kappa shape index (κ3) is 5.57. The molecule has 0 saturated carbocycles. The minimum atomic E-state index is -0.526. The van der Waals surface area contributed by atoms with Crippen molar-refractivity contribution in [3.05, 3.63) is 104 Å². The summed E-state index contributed by atoms with van der Waals surface area (Å²) < 4.78 is 12.7. The first-order chi connectivity index (χ1) is 18.8. The van der Waals surface area contributed by atoms with Gasteiger partial charge in [0, 0.05) is 17.2 Å². The van der Waals surface area contributed by atoms with Gasteiger partial charge < -0.3 is 9.47 Å². The van der Waals surface area contributed by atoms with E-state index >= 15 is 0 Å². The van der Waals surface area contributed by atoms with E-state index in [2.05, 4.69) is 25.5 Å². The molecule has 0 amide bonds. The molecule has 0 aliphatic rings. The van der Waals surface area contributed by atoms with Crippen molar-refractivity contribution in [3.63, 3.8) is 0 Å². The van der Waals surface area contributed by atoms with Gasteiger partial charge in [0.25, 0.3) is 5.56 Å². The SMILES string of the molecule is C=CCOc1c(C=Nn2c(-c3cc(C(C)C)c(OCC)cc3C)nc3ccccc3c2=O)cccc1[N+](=O)[O-]. The van der Waals surface area contributed by atoms with Crippen LogP contribution in [0.5, 0.6) is 11.5 Å². The smallest absolute Gasteiger partial charge is 0.311 e. The van der Waals surface area contributed by atoms with E-state index in [1.54, 1.807) is 24.3 Å². The fraction of sp³-hybridized carbons (Fsp3) is 0.233. The summed E-state index contributed by atoms with van der Waals surface area (Å²) in [6.07, 6.45) is 2.87. The molecule has 0 N–H and O–H groups in total. The van der Waals surface area contributed by atoms with Crippen molar-refractivity contribution >= 4 is 22.8 Å². The molecule has 0 radical (unpaired) electrons. The monoisotopic (exact) mass is 526 g/mol. The molecular weight excluding hydrogens is 496 g/mol. The minimum Gasteiger partial charge on any atom is -0.494 e. The zero-order valence-electron chi connectivity index (χ0n) is 22.4. The highest BCUT2D eigenvalue weighted by Gasteiger charge is 2.20. The molecule has 0 saturated heterocycles. The number of aryl methyl sites for hydroxylation is 1. The number of benzene rings is 3. The summed E-state index contributed by atoms with van der Waals surface area (Å²) in [5.41, 5.74) is 2.86. The molecule has 1 aromatic heterocycles. The number of hydrogen-bond donors (Lipinski definition) is 0. The number of nitro groups is 1. The number of aromatic nitrogens is 2. The minimum absolute atomic E-state index is 0.0360. The van der Waals surface area contributed by atoms with Crippen LogP contribution < -0.4 is 15.0 Å². The second-order valence-electron chi connectivity index (χ2n) is 9.16. The molecule has 9 nitrogen and oxygen atoms in total. The standard InChI is InChI=1S/C30H30N4O5/c1-6-15-39-28-21(11-10-14-26(28)34(36)37)18-31-33-29(32-25-13-9-8-12-22(25)30(33)35)24-17-23(19(3)4)27(38-7-2)16-20(24)5/h6,8-14,16-19H,1,7,15H2,2-5H3. The Bertz CT molecular complexity index is 1640. The maximum Gasteiger partial charge on any atom is 0.311 e. The van der Waals surface area contributed by atoms with Crippen LogP contribution >= 0.6 is 0 Å². The highest BCUT2D eigenvalue weighted by atomic mass is 16.6. The largest absolute Gasteiger partial charge is 0.494 e. The van der Waals surface area contributed by atoms with Crippen molar-refractivity contribution in [2.24, 2.45) is 5.10 Å². The molecule has 0 aliphatic carbocycles. The van der Waals surface area contributed by atoms with Crippen LogP contribution in [0.2, 0.25) is 0 Å². The van der Waals surface area contributed by atoms with Gasteiger partial charge in [0.1, 0.15) is 12.4 Å². The summed E-state index contributed by atoms with van der Waals surface area (Å²) in [5.74, 6) is 1.32. The van der Waals surface area contributed by atoms with Crippen molar-refractivity contribution in [2.75, 3.05) is 13.2 Å². The summed E-state index contributed by atoms with van der Waals surface area (Å²) in [7, 11) is 0. The first-order valence-electron chi connectivity index (χ1n) is 12.6. The van der Waals surface area contributed by atoms with Crippen molar-refractivity contribution in [1.82, 2.24) is 9.66 Å². The van der Waals surface area contributed by atoms with E-state index in [-0.39, 0.29) is 29.5 Å². The van der Waals surface area contributed by atoms with E-state index in [0.29, 0.717) is 28.9 Å². The quantitative estimate of drug-likeness (QED) is 0.105. The lowest BCUT2D eigenvalue weighted by molar-refractivity contribution is -0.385. The molecule has 4 rings (SSSR count). The number of nitrogens with zero attached hydrogens (tertiary/aromatic N) is 4. The zero-order valence-corrected chi connectivity index (χ0v) is 22.4. The average molecular weight is 527 g/mol. The van der Waals surface area contributed by atoms with E-state index in [4.69, 9.17) is 14.5 Å². The molecule has 3 aromatic carbocycles. The van der Waals surface area contributed by atoms with Gasteiger partial charge in [-0.2, -0.15) is 9.78 Å². The van der Waals surface area contributed by atoms with E-state index < -0.39 is 4.92 Å². The molecular formula is C30H30N4O5. The summed E-state index contributed by atoms with van der Waals surface area (Å²) in [4.78, 5) is 29.6. The Labute approximate surface area is 226 Å². The summed E-state index contributed by atoms with van der Waals surface area (Å²) in [5, 5.41) is 16.5. The third-order valence-electron chi connectivity index (χ3n) is 6.15. The first kappa shape index (κ1) is 27.3. The summed E-state index contributed by atoms with van der Waals surface area (Å²) in [6, 6.07) is 15.5. The van der Waals surface area contributed by atoms with Gasteiger partial charge in [-0.3, -0.25) is 14.9 Å². The number of rotatable bonds is 10. The highest BCUT2D eigenvalue weighted by Crippen LogP contribution is 2.34. The van der Waals surface area contributed by atoms with Gasteiger partial charge in [-0.15, -0.1) is 0 Å². The van der Waals surface area contributed by atoms with Gasteiger partial charge in [-0.1, -0.05) is 44.7 Å². The molecule has 4 aromatic rings. The molecule has 0 unspecified atom stereocenters. The lowest BCUT2D eigenvalue weighted by atomic mass is 9.96. The Morgan fingerprint density at radius 1 is 1.15 bits per heavy atom. The van der Waals surface area contributed by atoms with Crippen molar-refractivity contribution in [1.29, 1.82) is 0 Å². The molecule has 200 valence electrons. The normalized spacial score (nSPS) is 11.3. The Hall–Kier alpha value is -4.79. The molecule has 9 heteroatoms. The molecule has 1 heterocycles. The van der Waals surface area contributed by atoms with Gasteiger partial charge >= 0.3 is 5.69 Å². The molecule has 0 atom stereocenters. The Morgan fingerprint density at radius 3 is 2.62 bits per heavy atom. The number of ether oxygens (including phenoxy) is 2. The van der Waals surface area contributed by atoms with Gasteiger partial charge in [0.15, 0.2) is 5.82 Å². The number of fused-ring (bicyclic) bond motifs is 1. The van der Waals surface area contributed by atoms with E-state index in [9.17, 15) is 14.9 Å². The van der Waals surface area contributed by atoms with E-state index in [1.165, 1.54) is 29.1 Å². The van der Waals surface area contributed by atoms with E-state index in [0.717, 1.165) is 22.4 Å². The lowest BCUT2D eigenvalue weighted by Gasteiger charge is -2.18. The molecule has 0 spiro atoms. The fourth-order valence-electron chi connectivity index (χ4n) is 4.28. The Morgan fingerprint density at radius 2 is 1.92 bits per heavy atom. The molecule has 0 aliphatic heterocycles. The van der Waals surface area contributed by atoms with Crippen LogP contribution in [0.25, 0.3) is 22.3 Å². The highest BCUT2D eigenvalue weighted by molar-refractivity contribution is 5.86. The maximum absolute atomic E-state index is 13.7. The summed E-state index contributed by atoms with van der Waals surface area (Å²) in [6.45, 7) is 12.2. The van der Waals surface area contributed by atoms with Crippen LogP contribution in [0.1, 0.15) is 43.4 Å². The van der Waals surface area contributed by atoms with Gasteiger partial charge in [-0.25, -0.2) is 4.98 Å². The van der Waals surface area contributed by atoms with Crippen LogP contribution in [0, 0.1) is 17.0 Å². The number of nitro benzene ring substituents is 1.